The van der Waals surface area contributed by atoms with E-state index in [1.54, 1.807) is 4.68 Å². The maximum absolute atomic E-state index is 12.9. The summed E-state index contributed by atoms with van der Waals surface area (Å²) in [6, 6.07) is 0.00604. The SMILES string of the molecule is Cc1nnnn1CCC(=O)N1CCO[C@@H]2CC[C@H](C(=O)N3CCCC3)C[C@H]21.O=CO. The van der Waals surface area contributed by atoms with Gasteiger partial charge in [-0.3, -0.25) is 14.4 Å². The third kappa shape index (κ3) is 5.13. The van der Waals surface area contributed by atoms with Gasteiger partial charge in [-0.1, -0.05) is 0 Å². The number of rotatable bonds is 4. The van der Waals surface area contributed by atoms with Crippen molar-refractivity contribution in [3.8, 4) is 0 Å². The first kappa shape index (κ1) is 22.1. The van der Waals surface area contributed by atoms with Crippen LogP contribution in [-0.4, -0.2) is 91.8 Å². The zero-order valence-electron chi connectivity index (χ0n) is 17.4. The molecule has 3 heterocycles. The van der Waals surface area contributed by atoms with Crippen LogP contribution in [0.5, 0.6) is 0 Å². The number of amides is 2. The lowest BCUT2D eigenvalue weighted by molar-refractivity contribution is -0.156. The highest BCUT2D eigenvalue weighted by atomic mass is 16.5. The van der Waals surface area contributed by atoms with Gasteiger partial charge in [0.1, 0.15) is 5.82 Å². The molecule has 11 nitrogen and oxygen atoms in total. The Labute approximate surface area is 175 Å². The predicted octanol–water partition coefficient (Wildman–Crippen LogP) is 0.0909. The maximum Gasteiger partial charge on any atom is 0.290 e. The largest absolute Gasteiger partial charge is 0.483 e. The van der Waals surface area contributed by atoms with Crippen LogP contribution in [0.1, 0.15) is 44.3 Å². The van der Waals surface area contributed by atoms with Crippen molar-refractivity contribution in [2.75, 3.05) is 26.2 Å². The fraction of sp³-hybridized carbons (Fsp3) is 0.789. The lowest BCUT2D eigenvalue weighted by Crippen LogP contribution is -2.57. The summed E-state index contributed by atoms with van der Waals surface area (Å²) in [5.74, 6) is 1.09. The van der Waals surface area contributed by atoms with Crippen LogP contribution in [0.15, 0.2) is 0 Å². The van der Waals surface area contributed by atoms with Crippen molar-refractivity contribution >= 4 is 18.3 Å². The fourth-order valence-electron chi connectivity index (χ4n) is 4.64. The summed E-state index contributed by atoms with van der Waals surface area (Å²) in [5, 5.41) is 18.3. The van der Waals surface area contributed by atoms with E-state index >= 15 is 0 Å². The van der Waals surface area contributed by atoms with Crippen LogP contribution in [0.25, 0.3) is 0 Å². The molecular formula is C19H30N6O5. The van der Waals surface area contributed by atoms with Gasteiger partial charge >= 0.3 is 0 Å². The summed E-state index contributed by atoms with van der Waals surface area (Å²) >= 11 is 0. The highest BCUT2D eigenvalue weighted by Gasteiger charge is 2.42. The minimum atomic E-state index is -0.250. The number of hydrogen-bond donors (Lipinski definition) is 1. The molecule has 1 aliphatic carbocycles. The van der Waals surface area contributed by atoms with E-state index in [9.17, 15) is 9.59 Å². The van der Waals surface area contributed by atoms with Gasteiger partial charge in [-0.15, -0.1) is 5.10 Å². The van der Waals surface area contributed by atoms with Crippen molar-refractivity contribution in [3.63, 3.8) is 0 Å². The van der Waals surface area contributed by atoms with Gasteiger partial charge < -0.3 is 19.6 Å². The molecule has 0 aromatic carbocycles. The van der Waals surface area contributed by atoms with Crippen LogP contribution in [0, 0.1) is 12.8 Å². The number of fused-ring (bicyclic) bond motifs is 1. The number of carbonyl (C=O) groups excluding carboxylic acids is 2. The van der Waals surface area contributed by atoms with Crippen LogP contribution in [-0.2, 0) is 25.7 Å². The monoisotopic (exact) mass is 422 g/mol. The Bertz CT molecular complexity index is 735. The summed E-state index contributed by atoms with van der Waals surface area (Å²) in [4.78, 5) is 38.0. The number of morpholine rings is 1. The van der Waals surface area contributed by atoms with E-state index < -0.39 is 0 Å². The van der Waals surface area contributed by atoms with Gasteiger partial charge in [0.15, 0.2) is 0 Å². The number of likely N-dealkylation sites (tertiary alicyclic amines) is 1. The van der Waals surface area contributed by atoms with Crippen LogP contribution in [0.4, 0.5) is 0 Å². The molecule has 1 aromatic heterocycles. The molecule has 4 rings (SSSR count). The van der Waals surface area contributed by atoms with Crippen molar-refractivity contribution in [2.45, 2.75) is 64.1 Å². The lowest BCUT2D eigenvalue weighted by Gasteiger charge is -2.46. The molecule has 3 aliphatic rings. The summed E-state index contributed by atoms with van der Waals surface area (Å²) in [6.45, 7) is 4.98. The maximum atomic E-state index is 12.9. The molecule has 30 heavy (non-hydrogen) atoms. The lowest BCUT2D eigenvalue weighted by atomic mass is 9.81. The van der Waals surface area contributed by atoms with E-state index in [0.717, 1.165) is 45.2 Å². The number of hydrogen-bond acceptors (Lipinski definition) is 7. The Hall–Kier alpha value is -2.56. The Morgan fingerprint density at radius 2 is 1.97 bits per heavy atom. The molecule has 2 aliphatic heterocycles. The second kappa shape index (κ2) is 10.5. The number of carboxylic acid groups (broad SMARTS) is 1. The van der Waals surface area contributed by atoms with Crippen molar-refractivity contribution in [1.29, 1.82) is 0 Å². The summed E-state index contributed by atoms with van der Waals surface area (Å²) in [7, 11) is 0. The van der Waals surface area contributed by atoms with E-state index in [1.807, 2.05) is 16.7 Å². The summed E-state index contributed by atoms with van der Waals surface area (Å²) < 4.78 is 7.58. The molecule has 0 radical (unpaired) electrons. The summed E-state index contributed by atoms with van der Waals surface area (Å²) in [5.41, 5.74) is 0. The minimum Gasteiger partial charge on any atom is -0.483 e. The van der Waals surface area contributed by atoms with Crippen LogP contribution < -0.4 is 0 Å². The molecule has 11 heteroatoms. The number of tetrazole rings is 1. The zero-order valence-corrected chi connectivity index (χ0v) is 17.4. The molecule has 0 spiro atoms. The first-order chi connectivity index (χ1) is 14.5. The molecule has 0 unspecified atom stereocenters. The Morgan fingerprint density at radius 3 is 2.63 bits per heavy atom. The molecule has 2 amide bonds. The quantitative estimate of drug-likeness (QED) is 0.676. The average molecular weight is 422 g/mol. The Morgan fingerprint density at radius 1 is 1.23 bits per heavy atom. The smallest absolute Gasteiger partial charge is 0.290 e. The van der Waals surface area contributed by atoms with Crippen LogP contribution in [0.2, 0.25) is 0 Å². The minimum absolute atomic E-state index is 0.00604. The number of ether oxygens (including phenoxy) is 1. The van der Waals surface area contributed by atoms with Crippen molar-refractivity contribution in [1.82, 2.24) is 30.0 Å². The van der Waals surface area contributed by atoms with E-state index in [4.69, 9.17) is 14.6 Å². The molecule has 3 atom stereocenters. The molecular weight excluding hydrogens is 392 g/mol. The van der Waals surface area contributed by atoms with E-state index in [1.165, 1.54) is 0 Å². The topological polar surface area (TPSA) is 131 Å². The second-order valence-corrected chi connectivity index (χ2v) is 7.91. The highest BCUT2D eigenvalue weighted by Crippen LogP contribution is 2.34. The first-order valence-electron chi connectivity index (χ1n) is 10.6. The molecule has 0 bridgehead atoms. The molecule has 1 saturated carbocycles. The second-order valence-electron chi connectivity index (χ2n) is 7.91. The molecule has 2 saturated heterocycles. The van der Waals surface area contributed by atoms with Crippen molar-refractivity contribution in [2.24, 2.45) is 5.92 Å². The third-order valence-electron chi connectivity index (χ3n) is 6.16. The van der Waals surface area contributed by atoms with Gasteiger partial charge in [-0.25, -0.2) is 4.68 Å². The van der Waals surface area contributed by atoms with E-state index in [-0.39, 0.29) is 36.4 Å². The predicted molar refractivity (Wildman–Crippen MR) is 104 cm³/mol. The van der Waals surface area contributed by atoms with Crippen LogP contribution >= 0.6 is 0 Å². The van der Waals surface area contributed by atoms with Gasteiger partial charge in [0.05, 0.1) is 25.3 Å². The van der Waals surface area contributed by atoms with Gasteiger partial charge in [0.25, 0.3) is 6.47 Å². The van der Waals surface area contributed by atoms with E-state index in [2.05, 4.69) is 15.5 Å². The molecule has 1 aromatic rings. The van der Waals surface area contributed by atoms with Gasteiger partial charge in [0, 0.05) is 32.0 Å². The number of nitrogens with zero attached hydrogens (tertiary/aromatic N) is 6. The fourth-order valence-corrected chi connectivity index (χ4v) is 4.64. The van der Waals surface area contributed by atoms with Crippen LogP contribution in [0.3, 0.4) is 0 Å². The van der Waals surface area contributed by atoms with Gasteiger partial charge in [-0.2, -0.15) is 0 Å². The number of aromatic nitrogens is 4. The summed E-state index contributed by atoms with van der Waals surface area (Å²) in [6.07, 6.45) is 5.06. The Balaban J connectivity index is 0.000000806. The Kier molecular flexibility index (Phi) is 7.72. The average Bonchev–Trinajstić information content (AvgIpc) is 3.43. The van der Waals surface area contributed by atoms with Gasteiger partial charge in [-0.05, 0) is 49.5 Å². The standard InChI is InChI=1S/C18H28N6O3.CH2O2/c1-13-19-20-21-24(13)9-6-17(25)23-10-11-27-16-5-4-14(12-15(16)23)18(26)22-7-2-3-8-22;2-1-3/h14-16H,2-12H2,1H3;1H,(H,2,3)/t14-,15+,16+;/m0./s1. The first-order valence-corrected chi connectivity index (χ1v) is 10.6. The molecule has 1 N–H and O–H groups in total. The number of aryl methyl sites for hydroxylation is 2. The van der Waals surface area contributed by atoms with E-state index in [0.29, 0.717) is 31.9 Å². The van der Waals surface area contributed by atoms with Crippen molar-refractivity contribution < 1.29 is 24.2 Å². The highest BCUT2D eigenvalue weighted by molar-refractivity contribution is 5.80. The molecule has 166 valence electrons. The van der Waals surface area contributed by atoms with Gasteiger partial charge in [0.2, 0.25) is 11.8 Å². The molecule has 3 fully saturated rings. The number of carbonyl (C=O) groups is 3. The normalized spacial score (nSPS) is 25.8. The zero-order chi connectivity index (χ0) is 21.5. The van der Waals surface area contributed by atoms with Crippen molar-refractivity contribution in [3.05, 3.63) is 5.82 Å². The third-order valence-corrected chi connectivity index (χ3v) is 6.16.